The van der Waals surface area contributed by atoms with Gasteiger partial charge < -0.3 is 20.2 Å². The van der Waals surface area contributed by atoms with Crippen molar-refractivity contribution in [3.63, 3.8) is 0 Å². The molecule has 1 saturated heterocycles. The molecule has 1 unspecified atom stereocenters. The molecule has 1 heterocycles. The molecule has 0 amide bonds. The van der Waals surface area contributed by atoms with Crippen molar-refractivity contribution in [2.45, 2.75) is 18.9 Å². The number of hydrogen-bond acceptors (Lipinski definition) is 4. The van der Waals surface area contributed by atoms with Crippen LogP contribution in [0.4, 0.5) is 0 Å². The molecule has 7 nitrogen and oxygen atoms in total. The summed E-state index contributed by atoms with van der Waals surface area (Å²) in [5.74, 6) is -0.832. The largest absolute Gasteiger partial charge is 0.480 e. The van der Waals surface area contributed by atoms with Gasteiger partial charge in [0.25, 0.3) is 0 Å². The molecule has 1 rings (SSSR count). The van der Waals surface area contributed by atoms with Crippen molar-refractivity contribution in [2.75, 3.05) is 32.3 Å². The van der Waals surface area contributed by atoms with Crippen LogP contribution in [-0.4, -0.2) is 64.1 Å². The third kappa shape index (κ3) is 7.44. The monoisotopic (exact) mass is 292 g/mol. The fourth-order valence-corrected chi connectivity index (χ4v) is 2.40. The number of allylic oxidation sites excluding steroid dienone is 1. The normalized spacial score (nSPS) is 21.9. The second kappa shape index (κ2) is 7.77. The van der Waals surface area contributed by atoms with Crippen LogP contribution in [0.25, 0.3) is 0 Å². The van der Waals surface area contributed by atoms with E-state index in [1.54, 1.807) is 6.08 Å². The second-order valence-electron chi connectivity index (χ2n) is 4.58. The molecule has 0 spiro atoms. The van der Waals surface area contributed by atoms with Gasteiger partial charge in [-0.15, -0.1) is 0 Å². The Morgan fingerprint density at radius 1 is 1.37 bits per heavy atom. The van der Waals surface area contributed by atoms with Crippen LogP contribution in [-0.2, 0) is 9.36 Å². The maximum Gasteiger partial charge on any atom is 0.325 e. The van der Waals surface area contributed by atoms with Crippen molar-refractivity contribution >= 4 is 13.6 Å². The minimum absolute atomic E-state index is 0.127. The van der Waals surface area contributed by atoms with Gasteiger partial charge in [-0.25, -0.2) is 0 Å². The highest BCUT2D eigenvalue weighted by molar-refractivity contribution is 7.51. The van der Waals surface area contributed by atoms with Gasteiger partial charge >= 0.3 is 13.6 Å². The van der Waals surface area contributed by atoms with E-state index in [2.05, 4.69) is 10.2 Å². The van der Waals surface area contributed by atoms with Gasteiger partial charge in [-0.1, -0.05) is 12.2 Å². The molecular formula is C11H21N2O5P. The Morgan fingerprint density at radius 3 is 2.68 bits per heavy atom. The Hall–Kier alpha value is -0.720. The molecule has 1 aliphatic rings. The minimum Gasteiger partial charge on any atom is -0.480 e. The average Bonchev–Trinajstić information content (AvgIpc) is 2.32. The molecule has 0 aromatic rings. The number of carboxylic acids is 1. The van der Waals surface area contributed by atoms with Gasteiger partial charge in [0.1, 0.15) is 6.04 Å². The number of aliphatic carboxylic acids is 1. The van der Waals surface area contributed by atoms with E-state index in [-0.39, 0.29) is 6.16 Å². The Kier molecular flexibility index (Phi) is 6.68. The molecule has 0 aliphatic carbocycles. The maximum absolute atomic E-state index is 10.8. The SMILES string of the molecule is O=C(O)C1CN(CCC=CCCP(=O)(O)O)CCN1. The van der Waals surface area contributed by atoms with Crippen LogP contribution >= 0.6 is 7.60 Å². The molecule has 0 radical (unpaired) electrons. The van der Waals surface area contributed by atoms with Crippen LogP contribution in [0.3, 0.4) is 0 Å². The first-order valence-electron chi connectivity index (χ1n) is 6.26. The molecule has 0 aromatic heterocycles. The van der Waals surface area contributed by atoms with Crippen molar-refractivity contribution in [3.05, 3.63) is 12.2 Å². The summed E-state index contributed by atoms with van der Waals surface area (Å²) < 4.78 is 10.6. The lowest BCUT2D eigenvalue weighted by atomic mass is 10.2. The third-order valence-electron chi connectivity index (χ3n) is 2.92. The number of carboxylic acid groups (broad SMARTS) is 1. The first-order chi connectivity index (χ1) is 8.88. The third-order valence-corrected chi connectivity index (χ3v) is 3.76. The highest BCUT2D eigenvalue weighted by Crippen LogP contribution is 2.34. The van der Waals surface area contributed by atoms with Crippen molar-refractivity contribution in [3.8, 4) is 0 Å². The van der Waals surface area contributed by atoms with E-state index < -0.39 is 19.6 Å². The lowest BCUT2D eigenvalue weighted by molar-refractivity contribution is -0.140. The van der Waals surface area contributed by atoms with Crippen molar-refractivity contribution in [2.24, 2.45) is 0 Å². The van der Waals surface area contributed by atoms with Crippen LogP contribution in [0, 0.1) is 0 Å². The summed E-state index contributed by atoms with van der Waals surface area (Å²) >= 11 is 0. The zero-order valence-corrected chi connectivity index (χ0v) is 11.6. The van der Waals surface area contributed by atoms with Crippen LogP contribution in [0.1, 0.15) is 12.8 Å². The van der Waals surface area contributed by atoms with Crippen molar-refractivity contribution < 1.29 is 24.3 Å². The molecule has 1 atom stereocenters. The van der Waals surface area contributed by atoms with Crippen molar-refractivity contribution in [1.82, 2.24) is 10.2 Å². The second-order valence-corrected chi connectivity index (χ2v) is 6.36. The van der Waals surface area contributed by atoms with E-state index in [1.165, 1.54) is 0 Å². The van der Waals surface area contributed by atoms with Gasteiger partial charge in [0, 0.05) is 26.2 Å². The molecule has 19 heavy (non-hydrogen) atoms. The van der Waals surface area contributed by atoms with E-state index >= 15 is 0 Å². The van der Waals surface area contributed by atoms with Gasteiger partial charge in [-0.2, -0.15) is 0 Å². The zero-order valence-electron chi connectivity index (χ0n) is 10.7. The number of nitrogens with one attached hydrogen (secondary N) is 1. The standard InChI is InChI=1S/C11H21N2O5P/c14-11(15)10-9-13(7-5-12-10)6-3-1-2-4-8-19(16,17)18/h1-2,10,12H,3-9H2,(H,14,15)(H2,16,17,18). The quantitative estimate of drug-likeness (QED) is 0.382. The Balaban J connectivity index is 2.17. The molecule has 8 heteroatoms. The molecule has 1 fully saturated rings. The van der Waals surface area contributed by atoms with Crippen LogP contribution in [0.15, 0.2) is 12.2 Å². The predicted molar refractivity (Wildman–Crippen MR) is 71.2 cm³/mol. The van der Waals surface area contributed by atoms with Gasteiger partial charge in [0.15, 0.2) is 0 Å². The topological polar surface area (TPSA) is 110 Å². The minimum atomic E-state index is -3.90. The summed E-state index contributed by atoms with van der Waals surface area (Å²) in [6.45, 7) is 2.74. The summed E-state index contributed by atoms with van der Waals surface area (Å²) in [6, 6.07) is -0.507. The maximum atomic E-state index is 10.8. The summed E-state index contributed by atoms with van der Waals surface area (Å²) in [6.07, 6.45) is 4.64. The van der Waals surface area contributed by atoms with Gasteiger partial charge in [0.05, 0.1) is 6.16 Å². The molecule has 0 saturated carbocycles. The Labute approximate surface area is 112 Å². The molecular weight excluding hydrogens is 271 g/mol. The highest BCUT2D eigenvalue weighted by atomic mass is 31.2. The average molecular weight is 292 g/mol. The van der Waals surface area contributed by atoms with E-state index in [1.807, 2.05) is 6.08 Å². The summed E-state index contributed by atoms with van der Waals surface area (Å²) in [7, 11) is -3.90. The van der Waals surface area contributed by atoms with E-state index in [0.29, 0.717) is 19.5 Å². The molecule has 0 bridgehead atoms. The molecule has 0 aromatic carbocycles. The van der Waals surface area contributed by atoms with Crippen molar-refractivity contribution in [1.29, 1.82) is 0 Å². The van der Waals surface area contributed by atoms with Crippen LogP contribution in [0.2, 0.25) is 0 Å². The number of rotatable bonds is 7. The number of hydrogen-bond donors (Lipinski definition) is 4. The van der Waals surface area contributed by atoms with Gasteiger partial charge in [0.2, 0.25) is 0 Å². The first-order valence-corrected chi connectivity index (χ1v) is 8.06. The van der Waals surface area contributed by atoms with E-state index in [9.17, 15) is 9.36 Å². The summed E-state index contributed by atoms with van der Waals surface area (Å²) in [4.78, 5) is 30.2. The van der Waals surface area contributed by atoms with Crippen LogP contribution in [0.5, 0.6) is 0 Å². The Bertz CT molecular complexity index is 368. The molecule has 110 valence electrons. The fourth-order valence-electron chi connectivity index (χ4n) is 1.91. The van der Waals surface area contributed by atoms with Gasteiger partial charge in [-0.3, -0.25) is 14.3 Å². The van der Waals surface area contributed by atoms with Gasteiger partial charge in [-0.05, 0) is 12.8 Å². The van der Waals surface area contributed by atoms with E-state index in [0.717, 1.165) is 19.5 Å². The lowest BCUT2D eigenvalue weighted by Crippen LogP contribution is -2.54. The zero-order chi connectivity index (χ0) is 14.3. The number of carbonyl (C=O) groups is 1. The molecule has 4 N–H and O–H groups in total. The fraction of sp³-hybridized carbons (Fsp3) is 0.727. The van der Waals surface area contributed by atoms with Crippen LogP contribution < -0.4 is 5.32 Å². The number of piperazine rings is 1. The molecule has 1 aliphatic heterocycles. The number of nitrogens with zero attached hydrogens (tertiary/aromatic N) is 1. The summed E-state index contributed by atoms with van der Waals surface area (Å²) in [5.41, 5.74) is 0. The summed E-state index contributed by atoms with van der Waals surface area (Å²) in [5, 5.41) is 11.8. The predicted octanol–water partition coefficient (Wildman–Crippen LogP) is -0.141. The first kappa shape index (κ1) is 16.3. The highest BCUT2D eigenvalue weighted by Gasteiger charge is 2.23. The Morgan fingerprint density at radius 2 is 2.05 bits per heavy atom. The lowest BCUT2D eigenvalue weighted by Gasteiger charge is -2.31. The smallest absolute Gasteiger partial charge is 0.325 e. The van der Waals surface area contributed by atoms with E-state index in [4.69, 9.17) is 14.9 Å².